The minimum absolute atomic E-state index is 0.117. The van der Waals surface area contributed by atoms with Gasteiger partial charge in [0.25, 0.3) is 5.91 Å². The second kappa shape index (κ2) is 9.38. The van der Waals surface area contributed by atoms with Crippen molar-refractivity contribution in [3.8, 4) is 0 Å². The summed E-state index contributed by atoms with van der Waals surface area (Å²) in [4.78, 5) is 27.9. The molecule has 0 heterocycles. The molecule has 2 N–H and O–H groups in total. The average Bonchev–Trinajstić information content (AvgIpc) is 2.51. The van der Waals surface area contributed by atoms with Gasteiger partial charge in [-0.25, -0.2) is 4.79 Å². The highest BCUT2D eigenvalue weighted by Gasteiger charge is 2.20. The van der Waals surface area contributed by atoms with Gasteiger partial charge in [-0.05, 0) is 24.6 Å². The second-order valence-corrected chi connectivity index (χ2v) is 4.53. The van der Waals surface area contributed by atoms with Gasteiger partial charge in [0.15, 0.2) is 0 Å². The highest BCUT2D eigenvalue weighted by Crippen LogP contribution is 2.07. The molecule has 1 aromatic carbocycles. The normalized spacial score (nSPS) is 12.0. The molecule has 0 spiro atoms. The fourth-order valence-electron chi connectivity index (χ4n) is 1.55. The summed E-state index contributed by atoms with van der Waals surface area (Å²) in [5.74, 6) is -0.881. The van der Waals surface area contributed by atoms with Crippen molar-refractivity contribution in [1.29, 1.82) is 0 Å². The Morgan fingerprint density at radius 2 is 2.05 bits per heavy atom. The molecule has 122 valence electrons. The molecule has 0 aromatic heterocycles. The van der Waals surface area contributed by atoms with E-state index in [-0.39, 0.29) is 19.0 Å². The number of nitrogens with zero attached hydrogens (tertiary/aromatic N) is 1. The molecule has 0 aliphatic heterocycles. The number of hydrogen-bond acceptors (Lipinski definition) is 8. The summed E-state index contributed by atoms with van der Waals surface area (Å²) in [6, 6.07) is 5.28. The highest BCUT2D eigenvalue weighted by molar-refractivity contribution is 7.80. The van der Waals surface area contributed by atoms with E-state index in [2.05, 4.69) is 22.8 Å². The molecule has 1 atom stereocenters. The molecule has 0 aliphatic carbocycles. The van der Waals surface area contributed by atoms with E-state index in [4.69, 9.17) is 9.94 Å². The van der Waals surface area contributed by atoms with Gasteiger partial charge in [0.2, 0.25) is 0 Å². The van der Waals surface area contributed by atoms with Crippen molar-refractivity contribution >= 4 is 24.5 Å². The number of thiol groups is 1. The zero-order chi connectivity index (χ0) is 16.5. The second-order valence-electron chi connectivity index (χ2n) is 4.17. The van der Waals surface area contributed by atoms with Crippen LogP contribution in [-0.4, -0.2) is 40.9 Å². The summed E-state index contributed by atoms with van der Waals surface area (Å²) in [5, 5.41) is 20.4. The van der Waals surface area contributed by atoms with Crippen LogP contribution < -0.4 is 5.32 Å². The molecule has 1 amide bonds. The first kappa shape index (κ1) is 18.4. The van der Waals surface area contributed by atoms with Crippen LogP contribution in [-0.2, 0) is 21.0 Å². The van der Waals surface area contributed by atoms with Crippen LogP contribution in [0.3, 0.4) is 0 Å². The Bertz CT molecular complexity index is 494. The number of carbonyl (C=O) groups excluding carboxylic acids is 2. The van der Waals surface area contributed by atoms with Gasteiger partial charge in [-0.2, -0.15) is 12.6 Å². The lowest BCUT2D eigenvalue weighted by Gasteiger charge is -2.18. The lowest BCUT2D eigenvalue weighted by Crippen LogP contribution is -2.43. The smallest absolute Gasteiger partial charge is 0.329 e. The van der Waals surface area contributed by atoms with Gasteiger partial charge in [-0.1, -0.05) is 12.1 Å². The molecule has 0 unspecified atom stereocenters. The van der Waals surface area contributed by atoms with Crippen LogP contribution in [0.4, 0.5) is 0 Å². The van der Waals surface area contributed by atoms with Crippen molar-refractivity contribution in [2.24, 2.45) is 0 Å². The third kappa shape index (κ3) is 6.00. The van der Waals surface area contributed by atoms with E-state index >= 15 is 0 Å². The third-order valence-corrected chi connectivity index (χ3v) is 2.98. The number of ether oxygens (including phenoxy) is 1. The number of carbonyl (C=O) groups is 2. The minimum atomic E-state index is -0.831. The first-order valence-corrected chi connectivity index (χ1v) is 7.07. The van der Waals surface area contributed by atoms with Crippen LogP contribution >= 0.6 is 12.6 Å². The minimum Gasteiger partial charge on any atom is -0.738 e. The van der Waals surface area contributed by atoms with Gasteiger partial charge in [-0.15, -0.1) is 5.39 Å². The number of nitrogens with one attached hydrogen (secondary N) is 1. The number of benzene rings is 1. The summed E-state index contributed by atoms with van der Waals surface area (Å²) in [6.45, 7) is 1.75. The fraction of sp³-hybridized carbons (Fsp3) is 0.385. The third-order valence-electron chi connectivity index (χ3n) is 2.62. The van der Waals surface area contributed by atoms with Gasteiger partial charge >= 0.3 is 5.97 Å². The lowest BCUT2D eigenvalue weighted by molar-refractivity contribution is -0.312. The Morgan fingerprint density at radius 3 is 2.55 bits per heavy atom. The molecule has 8 nitrogen and oxygen atoms in total. The Balaban J connectivity index is 2.63. The van der Waals surface area contributed by atoms with Crippen LogP contribution in [0.15, 0.2) is 24.3 Å². The van der Waals surface area contributed by atoms with E-state index in [9.17, 15) is 14.8 Å². The maximum atomic E-state index is 12.0. The van der Waals surface area contributed by atoms with Crippen LogP contribution in [0.1, 0.15) is 22.8 Å². The molecular formula is C13H17N2O6S-. The molecule has 0 bridgehead atoms. The summed E-state index contributed by atoms with van der Waals surface area (Å²) in [5.41, 5.74) is 0.908. The molecule has 1 aromatic rings. The predicted molar refractivity (Wildman–Crippen MR) is 80.0 cm³/mol. The van der Waals surface area contributed by atoms with Crippen molar-refractivity contribution in [2.75, 3.05) is 12.4 Å². The largest absolute Gasteiger partial charge is 0.738 e. The van der Waals surface area contributed by atoms with E-state index in [0.717, 1.165) is 0 Å². The zero-order valence-electron chi connectivity index (χ0n) is 11.9. The highest BCUT2D eigenvalue weighted by atomic mass is 32.1. The van der Waals surface area contributed by atoms with Crippen LogP contribution in [0.2, 0.25) is 0 Å². The average molecular weight is 329 g/mol. The van der Waals surface area contributed by atoms with Crippen LogP contribution in [0.25, 0.3) is 0 Å². The van der Waals surface area contributed by atoms with Gasteiger partial charge in [-0.3, -0.25) is 9.63 Å². The van der Waals surface area contributed by atoms with Crippen molar-refractivity contribution < 1.29 is 24.4 Å². The van der Waals surface area contributed by atoms with Gasteiger partial charge in [0.05, 0.1) is 13.2 Å². The topological polar surface area (TPSA) is 111 Å². The van der Waals surface area contributed by atoms with Crippen molar-refractivity contribution in [3.63, 3.8) is 0 Å². The Morgan fingerprint density at radius 1 is 1.41 bits per heavy atom. The van der Waals surface area contributed by atoms with Gasteiger partial charge < -0.3 is 20.5 Å². The monoisotopic (exact) mass is 329 g/mol. The number of rotatable bonds is 8. The Hall–Kier alpha value is -1.65. The predicted octanol–water partition coefficient (Wildman–Crippen LogP) is 0.899. The Labute approximate surface area is 132 Å². The van der Waals surface area contributed by atoms with E-state index < -0.39 is 23.3 Å². The summed E-state index contributed by atoms with van der Waals surface area (Å²) < 4.78 is 4.83. The summed E-state index contributed by atoms with van der Waals surface area (Å²) in [7, 11) is 0. The standard InChI is InChI=1S/C13H17N2O6S/c1-2-20-13(17)11(8-22)14-12(16)10-5-3-9(4-6-10)7-21-15(18)19/h3-6,11,18,22H,2,7-8H2,1H3,(H,14,16)/q-1/t11-/m1/s1. The summed E-state index contributed by atoms with van der Waals surface area (Å²) >= 11 is 4.01. The molecule has 9 heteroatoms. The summed E-state index contributed by atoms with van der Waals surface area (Å²) in [6.07, 6.45) is 0. The molecule has 0 radical (unpaired) electrons. The quantitative estimate of drug-likeness (QED) is 0.369. The number of hydrogen-bond donors (Lipinski definition) is 3. The SMILES string of the molecule is CCOC(=O)[C@@H](CS)NC(=O)c1ccc(CON([O-])O)cc1. The molecular weight excluding hydrogens is 312 g/mol. The van der Waals surface area contributed by atoms with Gasteiger partial charge in [0, 0.05) is 11.3 Å². The van der Waals surface area contributed by atoms with E-state index in [0.29, 0.717) is 11.1 Å². The molecule has 0 aliphatic rings. The van der Waals surface area contributed by atoms with Crippen LogP contribution in [0, 0.1) is 5.21 Å². The van der Waals surface area contributed by atoms with Crippen molar-refractivity contribution in [3.05, 3.63) is 40.6 Å². The first-order chi connectivity index (χ1) is 10.5. The molecule has 0 saturated carbocycles. The maximum absolute atomic E-state index is 12.0. The Kier molecular flexibility index (Phi) is 7.85. The molecule has 22 heavy (non-hydrogen) atoms. The van der Waals surface area contributed by atoms with Gasteiger partial charge in [0.1, 0.15) is 6.04 Å². The number of esters is 1. The van der Waals surface area contributed by atoms with E-state index in [1.54, 1.807) is 19.1 Å². The first-order valence-electron chi connectivity index (χ1n) is 6.44. The van der Waals surface area contributed by atoms with Crippen LogP contribution in [0.5, 0.6) is 0 Å². The molecule has 1 rings (SSSR count). The van der Waals surface area contributed by atoms with Crippen molar-refractivity contribution in [2.45, 2.75) is 19.6 Å². The fourth-order valence-corrected chi connectivity index (χ4v) is 1.79. The molecule has 0 fully saturated rings. The maximum Gasteiger partial charge on any atom is 0.329 e. The number of amides is 1. The zero-order valence-corrected chi connectivity index (χ0v) is 12.8. The van der Waals surface area contributed by atoms with E-state index in [1.165, 1.54) is 12.1 Å². The van der Waals surface area contributed by atoms with Crippen molar-refractivity contribution in [1.82, 2.24) is 10.7 Å². The lowest BCUT2D eigenvalue weighted by atomic mass is 10.1. The van der Waals surface area contributed by atoms with E-state index in [1.807, 2.05) is 0 Å². The molecule has 0 saturated heterocycles.